The van der Waals surface area contributed by atoms with E-state index in [0.29, 0.717) is 21.5 Å². The highest BCUT2D eigenvalue weighted by atomic mass is 35.5. The Kier molecular flexibility index (Phi) is 4.45. The van der Waals surface area contributed by atoms with Gasteiger partial charge >= 0.3 is 5.97 Å². The summed E-state index contributed by atoms with van der Waals surface area (Å²) < 4.78 is 5.01. The topological polar surface area (TPSA) is 38.3 Å². The van der Waals surface area contributed by atoms with Crippen molar-refractivity contribution in [2.24, 2.45) is 5.92 Å². The number of halogens is 2. The maximum Gasteiger partial charge on any atom is 0.338 e. The summed E-state index contributed by atoms with van der Waals surface area (Å²) in [5, 5.41) is 4.78. The van der Waals surface area contributed by atoms with Gasteiger partial charge in [0.1, 0.15) is 0 Å². The van der Waals surface area contributed by atoms with Crippen LogP contribution in [-0.4, -0.2) is 13.1 Å². The Morgan fingerprint density at radius 3 is 2.73 bits per heavy atom. The van der Waals surface area contributed by atoms with Crippen molar-refractivity contribution in [2.45, 2.75) is 25.3 Å². The van der Waals surface area contributed by atoms with Crippen LogP contribution in [0.4, 0.5) is 5.69 Å². The van der Waals surface area contributed by atoms with E-state index in [0.717, 1.165) is 28.8 Å². The molecular formula is C21H19Cl2NO2. The predicted octanol–water partition coefficient (Wildman–Crippen LogP) is 5.91. The van der Waals surface area contributed by atoms with Gasteiger partial charge in [0.25, 0.3) is 0 Å². The molecule has 1 N–H and O–H groups in total. The largest absolute Gasteiger partial charge is 0.465 e. The number of fused-ring (bicyclic) bond motifs is 3. The van der Waals surface area contributed by atoms with E-state index in [9.17, 15) is 4.79 Å². The van der Waals surface area contributed by atoms with Crippen molar-refractivity contribution in [3.05, 3.63) is 74.8 Å². The Morgan fingerprint density at radius 2 is 2.00 bits per heavy atom. The molecule has 3 nitrogen and oxygen atoms in total. The van der Waals surface area contributed by atoms with Crippen LogP contribution in [0.3, 0.4) is 0 Å². The van der Waals surface area contributed by atoms with Crippen molar-refractivity contribution in [3.8, 4) is 0 Å². The Morgan fingerprint density at radius 1 is 1.19 bits per heavy atom. The molecule has 2 aromatic rings. The molecule has 5 heteroatoms. The lowest BCUT2D eigenvalue weighted by Gasteiger charge is -2.39. The van der Waals surface area contributed by atoms with Crippen LogP contribution in [0.5, 0.6) is 0 Å². The third-order valence-corrected chi connectivity index (χ3v) is 6.18. The Labute approximate surface area is 163 Å². The first-order chi connectivity index (χ1) is 12.5. The molecule has 26 heavy (non-hydrogen) atoms. The van der Waals surface area contributed by atoms with Crippen molar-refractivity contribution >= 4 is 34.9 Å². The fraction of sp³-hybridized carbons (Fsp3) is 0.286. The molecule has 1 aliphatic carbocycles. The quantitative estimate of drug-likeness (QED) is 0.513. The van der Waals surface area contributed by atoms with E-state index in [4.69, 9.17) is 27.9 Å². The van der Waals surface area contributed by atoms with E-state index in [-0.39, 0.29) is 17.9 Å². The number of nitrogens with one attached hydrogen (secondary N) is 1. The number of hydrogen-bond donors (Lipinski definition) is 1. The molecule has 1 heterocycles. The number of ether oxygens (including phenoxy) is 1. The van der Waals surface area contributed by atoms with Crippen LogP contribution >= 0.6 is 23.2 Å². The van der Waals surface area contributed by atoms with Gasteiger partial charge in [-0.25, -0.2) is 4.79 Å². The summed E-state index contributed by atoms with van der Waals surface area (Å²) in [6, 6.07) is 9.72. The normalized spacial score (nSPS) is 23.2. The first kappa shape index (κ1) is 17.4. The summed E-state index contributed by atoms with van der Waals surface area (Å²) in [7, 11) is 1.42. The summed E-state index contributed by atoms with van der Waals surface area (Å²) in [6.45, 7) is 2.05. The molecule has 134 valence electrons. The molecule has 0 aromatic heterocycles. The third-order valence-electron chi connectivity index (χ3n) is 5.44. The Balaban J connectivity index is 1.86. The Hall–Kier alpha value is -1.97. The van der Waals surface area contributed by atoms with Gasteiger partial charge in [0, 0.05) is 11.6 Å². The number of benzene rings is 2. The van der Waals surface area contributed by atoms with E-state index in [1.54, 1.807) is 0 Å². The molecule has 0 bridgehead atoms. The van der Waals surface area contributed by atoms with Gasteiger partial charge in [-0.3, -0.25) is 0 Å². The number of carbonyl (C=O) groups is 1. The minimum absolute atomic E-state index is 0.101. The maximum atomic E-state index is 12.3. The van der Waals surface area contributed by atoms with Gasteiger partial charge in [-0.15, -0.1) is 0 Å². The van der Waals surface area contributed by atoms with Gasteiger partial charge in [0.15, 0.2) is 0 Å². The van der Waals surface area contributed by atoms with E-state index < -0.39 is 0 Å². The van der Waals surface area contributed by atoms with Crippen LogP contribution in [0.15, 0.2) is 42.5 Å². The van der Waals surface area contributed by atoms with Crippen LogP contribution in [0.1, 0.15) is 45.4 Å². The average molecular weight is 388 g/mol. The van der Waals surface area contributed by atoms with Gasteiger partial charge < -0.3 is 10.1 Å². The number of hydrogen-bond acceptors (Lipinski definition) is 3. The fourth-order valence-electron chi connectivity index (χ4n) is 4.18. The zero-order valence-electron chi connectivity index (χ0n) is 14.6. The molecule has 0 saturated carbocycles. The number of allylic oxidation sites excluding steroid dienone is 2. The van der Waals surface area contributed by atoms with Gasteiger partial charge in [-0.2, -0.15) is 0 Å². The summed E-state index contributed by atoms with van der Waals surface area (Å²) >= 11 is 12.3. The standard InChI is InChI=1S/C21H19Cl2NO2/c1-11-6-8-15(21(25)26-2)18-13-4-3-5-14(13)20(24-19(11)18)12-7-9-16(22)17(23)10-12/h3-4,6-10,13-14,20,24H,5H2,1-2H3/t13-,14-,20+/m1/s1. The van der Waals surface area contributed by atoms with Crippen molar-refractivity contribution < 1.29 is 9.53 Å². The lowest BCUT2D eigenvalue weighted by atomic mass is 9.75. The molecule has 0 unspecified atom stereocenters. The van der Waals surface area contributed by atoms with Gasteiger partial charge in [0.2, 0.25) is 0 Å². The second kappa shape index (κ2) is 6.64. The number of esters is 1. The second-order valence-corrected chi connectivity index (χ2v) is 7.67. The molecule has 0 fully saturated rings. The lowest BCUT2D eigenvalue weighted by molar-refractivity contribution is 0.0598. The molecule has 3 atom stereocenters. The van der Waals surface area contributed by atoms with Crippen molar-refractivity contribution in [1.29, 1.82) is 0 Å². The van der Waals surface area contributed by atoms with Crippen LogP contribution in [0.2, 0.25) is 10.0 Å². The van der Waals surface area contributed by atoms with Crippen LogP contribution in [0, 0.1) is 12.8 Å². The molecule has 2 aromatic carbocycles. The van der Waals surface area contributed by atoms with Crippen molar-refractivity contribution in [3.63, 3.8) is 0 Å². The SMILES string of the molecule is COC(=O)c1ccc(C)c2c1[C@@H]1C=CC[C@H]1[C@H](c1ccc(Cl)c(Cl)c1)N2. The zero-order chi connectivity index (χ0) is 18.4. The van der Waals surface area contributed by atoms with Crippen LogP contribution < -0.4 is 5.32 Å². The summed E-state index contributed by atoms with van der Waals surface area (Å²) in [4.78, 5) is 12.3. The van der Waals surface area contributed by atoms with E-state index in [2.05, 4.69) is 24.4 Å². The van der Waals surface area contributed by atoms with Crippen LogP contribution in [0.25, 0.3) is 0 Å². The monoisotopic (exact) mass is 387 g/mol. The number of anilines is 1. The molecular weight excluding hydrogens is 369 g/mol. The van der Waals surface area contributed by atoms with E-state index in [1.807, 2.05) is 30.3 Å². The van der Waals surface area contributed by atoms with Gasteiger partial charge in [-0.1, -0.05) is 47.5 Å². The Bertz CT molecular complexity index is 922. The third kappa shape index (κ3) is 2.70. The molecule has 0 radical (unpaired) electrons. The number of carbonyl (C=O) groups excluding carboxylic acids is 1. The van der Waals surface area contributed by atoms with E-state index in [1.165, 1.54) is 7.11 Å². The van der Waals surface area contributed by atoms with E-state index >= 15 is 0 Å². The van der Waals surface area contributed by atoms with Gasteiger partial charge in [-0.05, 0) is 54.2 Å². The molecule has 4 rings (SSSR count). The first-order valence-corrected chi connectivity index (χ1v) is 9.36. The first-order valence-electron chi connectivity index (χ1n) is 8.61. The zero-order valence-corrected chi connectivity index (χ0v) is 16.1. The van der Waals surface area contributed by atoms with Crippen molar-refractivity contribution in [2.75, 3.05) is 12.4 Å². The predicted molar refractivity (Wildman–Crippen MR) is 105 cm³/mol. The molecule has 1 aliphatic heterocycles. The summed E-state index contributed by atoms with van der Waals surface area (Å²) in [6.07, 6.45) is 5.34. The maximum absolute atomic E-state index is 12.3. The number of rotatable bonds is 2. The average Bonchev–Trinajstić information content (AvgIpc) is 3.13. The highest BCUT2D eigenvalue weighted by Gasteiger charge is 2.40. The number of methoxy groups -OCH3 is 1. The number of aryl methyl sites for hydroxylation is 1. The second-order valence-electron chi connectivity index (χ2n) is 6.86. The molecule has 0 saturated heterocycles. The minimum Gasteiger partial charge on any atom is -0.465 e. The van der Waals surface area contributed by atoms with Crippen molar-refractivity contribution in [1.82, 2.24) is 0 Å². The summed E-state index contributed by atoms with van der Waals surface area (Å²) in [5.74, 6) is 0.180. The summed E-state index contributed by atoms with van der Waals surface area (Å²) in [5.41, 5.74) is 4.89. The highest BCUT2D eigenvalue weighted by molar-refractivity contribution is 6.42. The molecule has 2 aliphatic rings. The lowest BCUT2D eigenvalue weighted by Crippen LogP contribution is -2.31. The minimum atomic E-state index is -0.296. The molecule has 0 spiro atoms. The fourth-order valence-corrected chi connectivity index (χ4v) is 4.49. The molecule has 0 amide bonds. The highest BCUT2D eigenvalue weighted by Crippen LogP contribution is 2.52. The smallest absolute Gasteiger partial charge is 0.338 e. The van der Waals surface area contributed by atoms with Crippen LogP contribution in [-0.2, 0) is 4.74 Å². The van der Waals surface area contributed by atoms with Gasteiger partial charge in [0.05, 0.1) is 28.8 Å².